The molecular weight excluding hydrogens is 200 g/mol. The standard InChI is InChI=1S/C8H14N4OS/c1-7-9-8(11-10-7)14-6-12-2-4-13-5-3-12/h2-6H2,1H3,(H,9,10,11). The normalized spacial score (nSPS) is 18.6. The summed E-state index contributed by atoms with van der Waals surface area (Å²) in [5.74, 6) is 1.81. The number of ether oxygens (including phenoxy) is 1. The summed E-state index contributed by atoms with van der Waals surface area (Å²) in [4.78, 5) is 6.58. The molecule has 1 aliphatic rings. The summed E-state index contributed by atoms with van der Waals surface area (Å²) in [6.07, 6.45) is 0. The molecule has 0 bridgehead atoms. The number of hydrogen-bond acceptors (Lipinski definition) is 5. The van der Waals surface area contributed by atoms with Gasteiger partial charge in [0.1, 0.15) is 5.82 Å². The van der Waals surface area contributed by atoms with Gasteiger partial charge in [-0.3, -0.25) is 10.00 Å². The van der Waals surface area contributed by atoms with Gasteiger partial charge in [0.05, 0.1) is 19.1 Å². The molecule has 5 nitrogen and oxygen atoms in total. The molecule has 1 saturated heterocycles. The first-order valence-electron chi connectivity index (χ1n) is 4.66. The largest absolute Gasteiger partial charge is 0.379 e. The molecule has 0 unspecified atom stereocenters. The summed E-state index contributed by atoms with van der Waals surface area (Å²) < 4.78 is 5.27. The summed E-state index contributed by atoms with van der Waals surface area (Å²) in [5.41, 5.74) is 0. The van der Waals surface area contributed by atoms with Gasteiger partial charge in [-0.05, 0) is 6.92 Å². The summed E-state index contributed by atoms with van der Waals surface area (Å²) in [6, 6.07) is 0. The van der Waals surface area contributed by atoms with Gasteiger partial charge in [0.25, 0.3) is 0 Å². The van der Waals surface area contributed by atoms with Gasteiger partial charge < -0.3 is 4.74 Å². The van der Waals surface area contributed by atoms with Crippen LogP contribution in [0.25, 0.3) is 0 Å². The smallest absolute Gasteiger partial charge is 0.209 e. The fraction of sp³-hybridized carbons (Fsp3) is 0.750. The van der Waals surface area contributed by atoms with Crippen LogP contribution in [0.4, 0.5) is 0 Å². The lowest BCUT2D eigenvalue weighted by atomic mass is 10.5. The van der Waals surface area contributed by atoms with Crippen LogP contribution in [0.15, 0.2) is 5.16 Å². The maximum Gasteiger partial charge on any atom is 0.209 e. The third-order valence-corrected chi connectivity index (χ3v) is 2.99. The zero-order valence-electron chi connectivity index (χ0n) is 8.19. The van der Waals surface area contributed by atoms with Crippen molar-refractivity contribution in [3.63, 3.8) is 0 Å². The van der Waals surface area contributed by atoms with E-state index in [1.807, 2.05) is 6.92 Å². The fourth-order valence-corrected chi connectivity index (χ4v) is 2.13. The van der Waals surface area contributed by atoms with Crippen molar-refractivity contribution in [2.24, 2.45) is 0 Å². The predicted octanol–water partition coefficient (Wildman–Crippen LogP) is 0.495. The van der Waals surface area contributed by atoms with E-state index in [1.165, 1.54) is 0 Å². The van der Waals surface area contributed by atoms with Gasteiger partial charge in [0, 0.05) is 13.1 Å². The number of hydrogen-bond donors (Lipinski definition) is 1. The second-order valence-electron chi connectivity index (χ2n) is 3.21. The fourth-order valence-electron chi connectivity index (χ4n) is 1.27. The van der Waals surface area contributed by atoms with E-state index in [2.05, 4.69) is 20.1 Å². The minimum atomic E-state index is 0.828. The predicted molar refractivity (Wildman–Crippen MR) is 54.2 cm³/mol. The molecule has 0 aliphatic carbocycles. The Bertz CT molecular complexity index is 285. The molecule has 14 heavy (non-hydrogen) atoms. The van der Waals surface area contributed by atoms with Gasteiger partial charge in [0.15, 0.2) is 0 Å². The van der Waals surface area contributed by atoms with E-state index >= 15 is 0 Å². The number of H-pyrrole nitrogens is 1. The van der Waals surface area contributed by atoms with Crippen molar-refractivity contribution in [1.29, 1.82) is 0 Å². The van der Waals surface area contributed by atoms with E-state index in [-0.39, 0.29) is 0 Å². The van der Waals surface area contributed by atoms with Crippen LogP contribution in [0.1, 0.15) is 5.82 Å². The lowest BCUT2D eigenvalue weighted by Crippen LogP contribution is -2.35. The molecule has 1 aliphatic heterocycles. The van der Waals surface area contributed by atoms with Gasteiger partial charge in [-0.1, -0.05) is 11.8 Å². The SMILES string of the molecule is Cc1nc(SCN2CCOCC2)n[nH]1. The average Bonchev–Trinajstić information content (AvgIpc) is 2.63. The number of thioether (sulfide) groups is 1. The second-order valence-corrected chi connectivity index (χ2v) is 4.12. The van der Waals surface area contributed by atoms with Crippen molar-refractivity contribution in [2.75, 3.05) is 32.2 Å². The Morgan fingerprint density at radius 3 is 2.93 bits per heavy atom. The quantitative estimate of drug-likeness (QED) is 0.742. The van der Waals surface area contributed by atoms with Crippen LogP contribution < -0.4 is 0 Å². The highest BCUT2D eigenvalue weighted by atomic mass is 32.2. The van der Waals surface area contributed by atoms with Crippen molar-refractivity contribution in [3.05, 3.63) is 5.82 Å². The van der Waals surface area contributed by atoms with Crippen LogP contribution in [0.3, 0.4) is 0 Å². The molecule has 0 amide bonds. The third-order valence-electron chi connectivity index (χ3n) is 2.06. The molecule has 1 aromatic rings. The van der Waals surface area contributed by atoms with Gasteiger partial charge in [-0.15, -0.1) is 5.10 Å². The van der Waals surface area contributed by atoms with Crippen molar-refractivity contribution in [2.45, 2.75) is 12.1 Å². The van der Waals surface area contributed by atoms with E-state index in [9.17, 15) is 0 Å². The van der Waals surface area contributed by atoms with Crippen molar-refractivity contribution in [3.8, 4) is 0 Å². The van der Waals surface area contributed by atoms with Gasteiger partial charge in [-0.25, -0.2) is 4.98 Å². The minimum absolute atomic E-state index is 0.828. The number of morpholine rings is 1. The number of aryl methyl sites for hydroxylation is 1. The Morgan fingerprint density at radius 2 is 2.29 bits per heavy atom. The summed E-state index contributed by atoms with van der Waals surface area (Å²) >= 11 is 1.66. The highest BCUT2D eigenvalue weighted by molar-refractivity contribution is 7.99. The highest BCUT2D eigenvalue weighted by Gasteiger charge is 2.11. The van der Waals surface area contributed by atoms with Crippen LogP contribution in [0.5, 0.6) is 0 Å². The summed E-state index contributed by atoms with van der Waals surface area (Å²) in [7, 11) is 0. The molecule has 78 valence electrons. The first-order valence-corrected chi connectivity index (χ1v) is 5.65. The topological polar surface area (TPSA) is 54.0 Å². The van der Waals surface area contributed by atoms with Crippen molar-refractivity contribution < 1.29 is 4.74 Å². The van der Waals surface area contributed by atoms with E-state index < -0.39 is 0 Å². The monoisotopic (exact) mass is 214 g/mol. The van der Waals surface area contributed by atoms with Gasteiger partial charge >= 0.3 is 0 Å². The van der Waals surface area contributed by atoms with E-state index in [0.717, 1.165) is 43.2 Å². The number of nitrogens with zero attached hydrogens (tertiary/aromatic N) is 3. The molecule has 1 N–H and O–H groups in total. The van der Waals surface area contributed by atoms with Crippen molar-refractivity contribution >= 4 is 11.8 Å². The summed E-state index contributed by atoms with van der Waals surface area (Å²) in [6.45, 7) is 5.61. The molecule has 0 spiro atoms. The lowest BCUT2D eigenvalue weighted by molar-refractivity contribution is 0.0473. The molecule has 2 heterocycles. The Balaban J connectivity index is 1.76. The lowest BCUT2D eigenvalue weighted by Gasteiger charge is -2.25. The maximum atomic E-state index is 5.27. The zero-order chi connectivity index (χ0) is 9.80. The third kappa shape index (κ3) is 2.70. The molecule has 0 radical (unpaired) electrons. The zero-order valence-corrected chi connectivity index (χ0v) is 9.01. The Kier molecular flexibility index (Phi) is 3.39. The molecule has 2 rings (SSSR count). The molecule has 1 aromatic heterocycles. The highest BCUT2D eigenvalue weighted by Crippen LogP contribution is 2.14. The van der Waals surface area contributed by atoms with Crippen LogP contribution in [-0.4, -0.2) is 52.3 Å². The number of nitrogens with one attached hydrogen (secondary N) is 1. The minimum Gasteiger partial charge on any atom is -0.379 e. The molecule has 0 saturated carbocycles. The van der Waals surface area contributed by atoms with Crippen LogP contribution in [-0.2, 0) is 4.74 Å². The van der Waals surface area contributed by atoms with Gasteiger partial charge in [-0.2, -0.15) is 0 Å². The number of rotatable bonds is 3. The molecule has 0 atom stereocenters. The Morgan fingerprint density at radius 1 is 1.50 bits per heavy atom. The first kappa shape index (κ1) is 9.95. The molecule has 6 heteroatoms. The van der Waals surface area contributed by atoms with Crippen LogP contribution in [0, 0.1) is 6.92 Å². The van der Waals surface area contributed by atoms with Crippen LogP contribution >= 0.6 is 11.8 Å². The summed E-state index contributed by atoms with van der Waals surface area (Å²) in [5, 5.41) is 7.73. The maximum absolute atomic E-state index is 5.27. The van der Waals surface area contributed by atoms with E-state index in [0.29, 0.717) is 0 Å². The van der Waals surface area contributed by atoms with Crippen LogP contribution in [0.2, 0.25) is 0 Å². The molecular formula is C8H14N4OS. The first-order chi connectivity index (χ1) is 6.84. The van der Waals surface area contributed by atoms with Crippen molar-refractivity contribution in [1.82, 2.24) is 20.1 Å². The second kappa shape index (κ2) is 4.77. The number of aromatic amines is 1. The molecule has 0 aromatic carbocycles. The molecule has 1 fully saturated rings. The van der Waals surface area contributed by atoms with E-state index in [1.54, 1.807) is 11.8 Å². The number of aromatic nitrogens is 3. The average molecular weight is 214 g/mol. The Labute approximate surface area is 87.2 Å². The Hall–Kier alpha value is -0.590. The van der Waals surface area contributed by atoms with E-state index in [4.69, 9.17) is 4.74 Å². The van der Waals surface area contributed by atoms with Gasteiger partial charge in [0.2, 0.25) is 5.16 Å².